The van der Waals surface area contributed by atoms with Crippen molar-refractivity contribution in [3.63, 3.8) is 0 Å². The van der Waals surface area contributed by atoms with Crippen LogP contribution in [0, 0.1) is 6.92 Å². The number of halogens is 1. The van der Waals surface area contributed by atoms with Gasteiger partial charge in [-0.15, -0.1) is 0 Å². The molecular formula is C8H7ClN2O. The van der Waals surface area contributed by atoms with Crippen LogP contribution < -0.4 is 0 Å². The maximum Gasteiger partial charge on any atom is 0.146 e. The van der Waals surface area contributed by atoms with Gasteiger partial charge in [0.2, 0.25) is 0 Å². The zero-order valence-electron chi connectivity index (χ0n) is 6.45. The lowest BCUT2D eigenvalue weighted by Crippen LogP contribution is -1.79. The van der Waals surface area contributed by atoms with Gasteiger partial charge >= 0.3 is 0 Å². The van der Waals surface area contributed by atoms with E-state index >= 15 is 0 Å². The summed E-state index contributed by atoms with van der Waals surface area (Å²) in [6.45, 7) is 1.82. The number of fused-ring (bicyclic) bond motifs is 1. The van der Waals surface area contributed by atoms with E-state index in [-0.39, 0.29) is 5.75 Å². The SMILES string of the molecule is Cc1ccc2c(ncn2Cl)c1O. The van der Waals surface area contributed by atoms with Crippen molar-refractivity contribution in [2.45, 2.75) is 6.92 Å². The van der Waals surface area contributed by atoms with E-state index < -0.39 is 0 Å². The van der Waals surface area contributed by atoms with Gasteiger partial charge in [-0.05, 0) is 18.6 Å². The first-order chi connectivity index (χ1) is 5.70. The third kappa shape index (κ3) is 0.865. The lowest BCUT2D eigenvalue weighted by molar-refractivity contribution is 0.476. The highest BCUT2D eigenvalue weighted by Gasteiger charge is 2.06. The second-order valence-electron chi connectivity index (χ2n) is 2.65. The molecule has 0 aliphatic rings. The zero-order chi connectivity index (χ0) is 8.72. The van der Waals surface area contributed by atoms with E-state index in [2.05, 4.69) is 4.98 Å². The van der Waals surface area contributed by atoms with Crippen molar-refractivity contribution in [1.29, 1.82) is 0 Å². The first-order valence-corrected chi connectivity index (χ1v) is 3.85. The van der Waals surface area contributed by atoms with Gasteiger partial charge in [-0.2, -0.15) is 0 Å². The number of hydrogen-bond donors (Lipinski definition) is 1. The lowest BCUT2D eigenvalue weighted by atomic mass is 10.2. The van der Waals surface area contributed by atoms with Crippen LogP contribution in [-0.4, -0.2) is 14.2 Å². The minimum Gasteiger partial charge on any atom is -0.505 e. The topological polar surface area (TPSA) is 38.0 Å². The molecule has 0 atom stereocenters. The quantitative estimate of drug-likeness (QED) is 0.677. The Kier molecular flexibility index (Phi) is 1.48. The van der Waals surface area contributed by atoms with Crippen LogP contribution in [0.25, 0.3) is 11.0 Å². The van der Waals surface area contributed by atoms with Crippen molar-refractivity contribution in [1.82, 2.24) is 9.07 Å². The Morgan fingerprint density at radius 1 is 1.50 bits per heavy atom. The Morgan fingerprint density at radius 3 is 3.00 bits per heavy atom. The third-order valence-corrected chi connectivity index (χ3v) is 2.12. The smallest absolute Gasteiger partial charge is 0.146 e. The maximum absolute atomic E-state index is 9.54. The molecule has 0 aliphatic heterocycles. The predicted octanol–water partition coefficient (Wildman–Crippen LogP) is 2.05. The molecule has 0 fully saturated rings. The molecule has 1 heterocycles. The molecule has 2 aromatic rings. The fourth-order valence-electron chi connectivity index (χ4n) is 1.14. The number of aryl methyl sites for hydroxylation is 1. The first kappa shape index (κ1) is 7.43. The summed E-state index contributed by atoms with van der Waals surface area (Å²) >= 11 is 5.74. The minimum atomic E-state index is 0.201. The van der Waals surface area contributed by atoms with E-state index in [9.17, 15) is 5.11 Å². The standard InChI is InChI=1S/C8H7ClN2O/c1-5-2-3-6-7(8(5)12)10-4-11(6)9/h2-4,12H,1H3. The largest absolute Gasteiger partial charge is 0.505 e. The number of benzene rings is 1. The van der Waals surface area contributed by atoms with Crippen LogP contribution in [0.5, 0.6) is 5.75 Å². The maximum atomic E-state index is 9.54. The van der Waals surface area contributed by atoms with Crippen LogP contribution in [0.1, 0.15) is 5.56 Å². The summed E-state index contributed by atoms with van der Waals surface area (Å²) in [6.07, 6.45) is 1.46. The molecule has 0 amide bonds. The Balaban J connectivity index is 2.93. The molecule has 3 nitrogen and oxygen atoms in total. The number of phenols is 1. The van der Waals surface area contributed by atoms with Gasteiger partial charge in [-0.25, -0.2) is 9.07 Å². The van der Waals surface area contributed by atoms with E-state index in [4.69, 9.17) is 11.8 Å². The number of imidazole rings is 1. The Hall–Kier alpha value is -1.22. The Bertz CT molecular complexity index is 436. The molecule has 0 spiro atoms. The molecule has 0 saturated heterocycles. The Labute approximate surface area is 74.3 Å². The van der Waals surface area contributed by atoms with Gasteiger partial charge in [0.25, 0.3) is 0 Å². The van der Waals surface area contributed by atoms with Gasteiger partial charge in [0, 0.05) is 11.8 Å². The molecule has 0 aliphatic carbocycles. The highest BCUT2D eigenvalue weighted by atomic mass is 35.5. The molecule has 0 bridgehead atoms. The highest BCUT2D eigenvalue weighted by Crippen LogP contribution is 2.26. The highest BCUT2D eigenvalue weighted by molar-refractivity contribution is 6.18. The van der Waals surface area contributed by atoms with Gasteiger partial charge in [-0.1, -0.05) is 6.07 Å². The normalized spacial score (nSPS) is 10.8. The molecule has 0 unspecified atom stereocenters. The van der Waals surface area contributed by atoms with Crippen LogP contribution in [0.15, 0.2) is 18.5 Å². The molecular weight excluding hydrogens is 176 g/mol. The van der Waals surface area contributed by atoms with Crippen molar-refractivity contribution in [2.75, 3.05) is 0 Å². The molecule has 12 heavy (non-hydrogen) atoms. The van der Waals surface area contributed by atoms with E-state index in [0.29, 0.717) is 5.52 Å². The lowest BCUT2D eigenvalue weighted by Gasteiger charge is -1.98. The van der Waals surface area contributed by atoms with E-state index in [1.165, 1.54) is 10.4 Å². The summed E-state index contributed by atoms with van der Waals surface area (Å²) in [4.78, 5) is 3.96. The van der Waals surface area contributed by atoms with Crippen LogP contribution in [0.3, 0.4) is 0 Å². The molecule has 0 saturated carbocycles. The Morgan fingerprint density at radius 2 is 2.25 bits per heavy atom. The number of rotatable bonds is 0. The summed E-state index contributed by atoms with van der Waals surface area (Å²) in [6, 6.07) is 3.63. The van der Waals surface area contributed by atoms with Crippen LogP contribution >= 0.6 is 11.8 Å². The fraction of sp³-hybridized carbons (Fsp3) is 0.125. The van der Waals surface area contributed by atoms with E-state index in [1.807, 2.05) is 13.0 Å². The summed E-state index contributed by atoms with van der Waals surface area (Å²) in [7, 11) is 0. The van der Waals surface area contributed by atoms with Crippen molar-refractivity contribution < 1.29 is 5.11 Å². The van der Waals surface area contributed by atoms with Gasteiger partial charge in [0.1, 0.15) is 17.6 Å². The second kappa shape index (κ2) is 2.38. The molecule has 4 heteroatoms. The van der Waals surface area contributed by atoms with Crippen molar-refractivity contribution >= 4 is 22.8 Å². The molecule has 1 aromatic carbocycles. The van der Waals surface area contributed by atoms with Crippen LogP contribution in [-0.2, 0) is 0 Å². The summed E-state index contributed by atoms with van der Waals surface area (Å²) < 4.78 is 1.36. The number of nitrogens with zero attached hydrogens (tertiary/aromatic N) is 2. The average Bonchev–Trinajstić information content (AvgIpc) is 2.41. The van der Waals surface area contributed by atoms with Gasteiger partial charge in [0.15, 0.2) is 0 Å². The molecule has 2 rings (SSSR count). The molecule has 1 N–H and O–H groups in total. The molecule has 0 radical (unpaired) electrons. The zero-order valence-corrected chi connectivity index (χ0v) is 7.21. The van der Waals surface area contributed by atoms with Gasteiger partial charge in [0.05, 0.1) is 5.52 Å². The molecule has 62 valence electrons. The number of hydrogen-bond acceptors (Lipinski definition) is 2. The first-order valence-electron chi connectivity index (χ1n) is 3.52. The van der Waals surface area contributed by atoms with Gasteiger partial charge in [-0.3, -0.25) is 0 Å². The van der Waals surface area contributed by atoms with Gasteiger partial charge < -0.3 is 5.11 Å². The minimum absolute atomic E-state index is 0.201. The summed E-state index contributed by atoms with van der Waals surface area (Å²) in [5, 5.41) is 9.54. The monoisotopic (exact) mass is 182 g/mol. The van der Waals surface area contributed by atoms with Crippen molar-refractivity contribution in [3.05, 3.63) is 24.0 Å². The van der Waals surface area contributed by atoms with Crippen LogP contribution in [0.4, 0.5) is 0 Å². The summed E-state index contributed by atoms with van der Waals surface area (Å²) in [5.74, 6) is 0.201. The fourth-order valence-corrected chi connectivity index (χ4v) is 1.32. The molecule has 1 aromatic heterocycles. The summed E-state index contributed by atoms with van der Waals surface area (Å²) in [5.41, 5.74) is 2.07. The van der Waals surface area contributed by atoms with Crippen molar-refractivity contribution in [3.8, 4) is 5.75 Å². The number of phenolic OH excluding ortho intramolecular Hbond substituents is 1. The number of aromatic hydroxyl groups is 1. The average molecular weight is 183 g/mol. The van der Waals surface area contributed by atoms with E-state index in [0.717, 1.165) is 11.1 Å². The number of aromatic nitrogens is 2. The van der Waals surface area contributed by atoms with E-state index in [1.54, 1.807) is 6.07 Å². The van der Waals surface area contributed by atoms with Crippen molar-refractivity contribution in [2.24, 2.45) is 0 Å². The second-order valence-corrected chi connectivity index (χ2v) is 3.02. The van der Waals surface area contributed by atoms with Crippen LogP contribution in [0.2, 0.25) is 0 Å². The third-order valence-electron chi connectivity index (χ3n) is 1.85. The predicted molar refractivity (Wildman–Crippen MR) is 47.4 cm³/mol.